The number of thiophene rings is 1. The zero-order chi connectivity index (χ0) is 12.0. The lowest BCUT2D eigenvalue weighted by atomic mass is 10.2. The van der Waals surface area contributed by atoms with Gasteiger partial charge in [-0.25, -0.2) is 4.79 Å². The van der Waals surface area contributed by atoms with Crippen LogP contribution >= 0.6 is 11.3 Å². The smallest absolute Gasteiger partial charge is 0.345 e. The first kappa shape index (κ1) is 13.2. The van der Waals surface area contributed by atoms with Crippen LogP contribution in [-0.2, 0) is 6.54 Å². The number of aromatic carboxylic acids is 1. The Morgan fingerprint density at radius 3 is 2.88 bits per heavy atom. The van der Waals surface area contributed by atoms with Crippen molar-refractivity contribution in [2.45, 2.75) is 32.4 Å². The molecule has 1 aromatic rings. The van der Waals surface area contributed by atoms with Crippen molar-refractivity contribution in [3.05, 3.63) is 21.9 Å². The molecular weight excluding hydrogens is 226 g/mol. The van der Waals surface area contributed by atoms with Crippen molar-refractivity contribution in [1.82, 2.24) is 5.32 Å². The normalized spacial score (nSPS) is 12.6. The molecule has 90 valence electrons. The molecule has 1 heterocycles. The fourth-order valence-corrected chi connectivity index (χ4v) is 2.20. The molecule has 0 aliphatic carbocycles. The fraction of sp³-hybridized carbons (Fsp3) is 0.545. The average Bonchev–Trinajstić information content (AvgIpc) is 2.67. The molecule has 1 aromatic heterocycles. The summed E-state index contributed by atoms with van der Waals surface area (Å²) in [5, 5.41) is 21.3. The molecule has 1 rings (SSSR count). The second kappa shape index (κ2) is 6.62. The molecule has 0 aromatic carbocycles. The van der Waals surface area contributed by atoms with Gasteiger partial charge in [0.15, 0.2) is 0 Å². The highest BCUT2D eigenvalue weighted by Gasteiger charge is 2.07. The molecule has 0 aliphatic heterocycles. The van der Waals surface area contributed by atoms with Crippen LogP contribution < -0.4 is 5.32 Å². The van der Waals surface area contributed by atoms with Crippen molar-refractivity contribution in [2.75, 3.05) is 6.54 Å². The molecule has 3 N–H and O–H groups in total. The molecule has 0 aliphatic rings. The summed E-state index contributed by atoms with van der Waals surface area (Å²) >= 11 is 1.26. The van der Waals surface area contributed by atoms with E-state index in [1.807, 2.05) is 6.92 Å². The van der Waals surface area contributed by atoms with Crippen LogP contribution in [0.2, 0.25) is 0 Å². The van der Waals surface area contributed by atoms with Gasteiger partial charge in [0, 0.05) is 18.0 Å². The first-order valence-corrected chi connectivity index (χ1v) is 6.16. The second-order valence-electron chi connectivity index (χ2n) is 3.64. The Labute approximate surface area is 98.9 Å². The molecule has 4 nitrogen and oxygen atoms in total. The lowest BCUT2D eigenvalue weighted by Crippen LogP contribution is -2.25. The fourth-order valence-electron chi connectivity index (χ4n) is 1.39. The third-order valence-corrected chi connectivity index (χ3v) is 3.25. The number of nitrogens with one attached hydrogen (secondary N) is 1. The van der Waals surface area contributed by atoms with Gasteiger partial charge in [-0.1, -0.05) is 13.3 Å². The van der Waals surface area contributed by atoms with Crippen molar-refractivity contribution in [3.63, 3.8) is 0 Å². The highest BCUT2D eigenvalue weighted by molar-refractivity contribution is 7.13. The van der Waals surface area contributed by atoms with E-state index >= 15 is 0 Å². The molecule has 16 heavy (non-hydrogen) atoms. The molecular formula is C11H17NO3S. The lowest BCUT2D eigenvalue weighted by molar-refractivity contribution is 0.0702. The molecule has 0 saturated carbocycles. The van der Waals surface area contributed by atoms with E-state index in [0.29, 0.717) is 18.0 Å². The summed E-state index contributed by atoms with van der Waals surface area (Å²) in [5.74, 6) is -0.887. The third kappa shape index (κ3) is 4.30. The Hall–Kier alpha value is -0.910. The number of carboxylic acid groups (broad SMARTS) is 1. The second-order valence-corrected chi connectivity index (χ2v) is 4.81. The summed E-state index contributed by atoms with van der Waals surface area (Å²) in [6, 6.07) is 3.40. The predicted octanol–water partition coefficient (Wildman–Crippen LogP) is 1.70. The molecule has 0 amide bonds. The van der Waals surface area contributed by atoms with Gasteiger partial charge in [0.05, 0.1) is 6.10 Å². The van der Waals surface area contributed by atoms with Crippen molar-refractivity contribution >= 4 is 17.3 Å². The Morgan fingerprint density at radius 1 is 1.56 bits per heavy atom. The van der Waals surface area contributed by atoms with E-state index < -0.39 is 5.97 Å². The van der Waals surface area contributed by atoms with E-state index in [1.54, 1.807) is 12.1 Å². The molecule has 0 radical (unpaired) electrons. The van der Waals surface area contributed by atoms with Crippen LogP contribution in [0.25, 0.3) is 0 Å². The van der Waals surface area contributed by atoms with Gasteiger partial charge in [-0.05, 0) is 18.6 Å². The largest absolute Gasteiger partial charge is 0.477 e. The predicted molar refractivity (Wildman–Crippen MR) is 63.9 cm³/mol. The Kier molecular flexibility index (Phi) is 5.45. The monoisotopic (exact) mass is 243 g/mol. The number of carboxylic acids is 1. The van der Waals surface area contributed by atoms with E-state index in [2.05, 4.69) is 5.32 Å². The highest BCUT2D eigenvalue weighted by Crippen LogP contribution is 2.15. The molecule has 0 spiro atoms. The van der Waals surface area contributed by atoms with Gasteiger partial charge >= 0.3 is 5.97 Å². The number of carbonyl (C=O) groups is 1. The first-order chi connectivity index (χ1) is 7.63. The van der Waals surface area contributed by atoms with Crippen LogP contribution in [0.4, 0.5) is 0 Å². The van der Waals surface area contributed by atoms with Gasteiger partial charge < -0.3 is 15.5 Å². The van der Waals surface area contributed by atoms with Crippen molar-refractivity contribution < 1.29 is 15.0 Å². The van der Waals surface area contributed by atoms with Crippen LogP contribution in [0, 0.1) is 0 Å². The van der Waals surface area contributed by atoms with E-state index in [-0.39, 0.29) is 6.10 Å². The van der Waals surface area contributed by atoms with Gasteiger partial charge in [-0.3, -0.25) is 0 Å². The minimum Gasteiger partial charge on any atom is -0.477 e. The van der Waals surface area contributed by atoms with Gasteiger partial charge in [0.1, 0.15) is 4.88 Å². The average molecular weight is 243 g/mol. The van der Waals surface area contributed by atoms with E-state index in [0.717, 1.165) is 17.7 Å². The minimum absolute atomic E-state index is 0.316. The summed E-state index contributed by atoms with van der Waals surface area (Å²) in [4.78, 5) is 12.0. The standard InChI is InChI=1S/C11H17NO3S/c1-2-3-8(13)6-12-7-9-4-5-10(16-9)11(14)15/h4-5,8,12-13H,2-3,6-7H2,1H3,(H,14,15). The van der Waals surface area contributed by atoms with Gasteiger partial charge in [-0.15, -0.1) is 11.3 Å². The number of aliphatic hydroxyl groups excluding tert-OH is 1. The van der Waals surface area contributed by atoms with Gasteiger partial charge in [0.2, 0.25) is 0 Å². The van der Waals surface area contributed by atoms with Crippen LogP contribution in [0.15, 0.2) is 12.1 Å². The number of aliphatic hydroxyl groups is 1. The van der Waals surface area contributed by atoms with E-state index in [4.69, 9.17) is 5.11 Å². The van der Waals surface area contributed by atoms with Crippen LogP contribution in [-0.4, -0.2) is 28.8 Å². The molecule has 1 atom stereocenters. The lowest BCUT2D eigenvalue weighted by Gasteiger charge is -2.09. The Bertz CT molecular complexity index is 338. The number of hydrogen-bond acceptors (Lipinski definition) is 4. The SMILES string of the molecule is CCCC(O)CNCc1ccc(C(=O)O)s1. The van der Waals surface area contributed by atoms with Crippen LogP contribution in [0.5, 0.6) is 0 Å². The molecule has 0 bridgehead atoms. The van der Waals surface area contributed by atoms with Crippen molar-refractivity contribution in [1.29, 1.82) is 0 Å². The number of hydrogen-bond donors (Lipinski definition) is 3. The van der Waals surface area contributed by atoms with Crippen molar-refractivity contribution in [2.24, 2.45) is 0 Å². The maximum atomic E-state index is 10.6. The maximum absolute atomic E-state index is 10.6. The topological polar surface area (TPSA) is 69.6 Å². The molecule has 1 unspecified atom stereocenters. The number of rotatable bonds is 7. The zero-order valence-electron chi connectivity index (χ0n) is 9.27. The zero-order valence-corrected chi connectivity index (χ0v) is 10.1. The summed E-state index contributed by atoms with van der Waals surface area (Å²) in [6.07, 6.45) is 1.44. The quantitative estimate of drug-likeness (QED) is 0.681. The maximum Gasteiger partial charge on any atom is 0.345 e. The van der Waals surface area contributed by atoms with Crippen LogP contribution in [0.3, 0.4) is 0 Å². The third-order valence-electron chi connectivity index (χ3n) is 2.17. The molecule has 0 fully saturated rings. The minimum atomic E-state index is -0.887. The Balaban J connectivity index is 2.29. The summed E-state index contributed by atoms with van der Waals surface area (Å²) < 4.78 is 0. The van der Waals surface area contributed by atoms with Gasteiger partial charge in [0.25, 0.3) is 0 Å². The molecule has 0 saturated heterocycles. The highest BCUT2D eigenvalue weighted by atomic mass is 32.1. The summed E-state index contributed by atoms with van der Waals surface area (Å²) in [6.45, 7) is 3.19. The summed E-state index contributed by atoms with van der Waals surface area (Å²) in [5.41, 5.74) is 0. The van der Waals surface area contributed by atoms with Gasteiger partial charge in [-0.2, -0.15) is 0 Å². The van der Waals surface area contributed by atoms with Crippen molar-refractivity contribution in [3.8, 4) is 0 Å². The van der Waals surface area contributed by atoms with E-state index in [1.165, 1.54) is 11.3 Å². The molecule has 5 heteroatoms. The van der Waals surface area contributed by atoms with Crippen LogP contribution in [0.1, 0.15) is 34.3 Å². The Morgan fingerprint density at radius 2 is 2.31 bits per heavy atom. The summed E-state index contributed by atoms with van der Waals surface area (Å²) in [7, 11) is 0. The van der Waals surface area contributed by atoms with E-state index in [9.17, 15) is 9.90 Å². The first-order valence-electron chi connectivity index (χ1n) is 5.34.